The predicted octanol–water partition coefficient (Wildman–Crippen LogP) is 2.00. The molecule has 0 aliphatic rings. The maximum Gasteiger partial charge on any atom is 0.234 e. The quantitative estimate of drug-likeness (QED) is 0.743. The molecule has 0 amide bonds. The Labute approximate surface area is 112 Å². The lowest BCUT2D eigenvalue weighted by atomic mass is 10.1. The second-order valence-corrected chi connectivity index (χ2v) is 5.45. The lowest BCUT2D eigenvalue weighted by Gasteiger charge is -2.02. The molecule has 2 aromatic heterocycles. The molecule has 0 saturated heterocycles. The molecule has 0 aliphatic heterocycles. The lowest BCUT2D eigenvalue weighted by Crippen LogP contribution is -2.00. The average molecular weight is 277 g/mol. The van der Waals surface area contributed by atoms with E-state index in [2.05, 4.69) is 15.3 Å². The summed E-state index contributed by atoms with van der Waals surface area (Å²) in [6, 6.07) is 4.77. The third-order valence-electron chi connectivity index (χ3n) is 2.85. The zero-order valence-electron chi connectivity index (χ0n) is 10.3. The summed E-state index contributed by atoms with van der Waals surface area (Å²) in [5.41, 5.74) is 6.69. The maximum atomic E-state index is 13.1. The molecule has 0 radical (unpaired) electrons. The number of nitrogens with zero attached hydrogens (tertiary/aromatic N) is 4. The molecule has 19 heavy (non-hydrogen) atoms. The number of nitrogens with two attached hydrogens (primary N) is 1. The first-order valence-corrected chi connectivity index (χ1v) is 6.67. The first-order chi connectivity index (χ1) is 9.13. The Balaban J connectivity index is 1.79. The van der Waals surface area contributed by atoms with Crippen molar-refractivity contribution in [2.24, 2.45) is 0 Å². The van der Waals surface area contributed by atoms with Crippen molar-refractivity contribution in [1.29, 1.82) is 0 Å². The number of fused-ring (bicyclic) bond motifs is 1. The third-order valence-corrected chi connectivity index (χ3v) is 3.67. The molecule has 0 aliphatic carbocycles. The molecule has 7 heteroatoms. The molecular formula is C12H12FN5S. The number of anilines is 1. The molecule has 2 N–H and O–H groups in total. The molecule has 5 nitrogen and oxygen atoms in total. The van der Waals surface area contributed by atoms with Gasteiger partial charge >= 0.3 is 0 Å². The monoisotopic (exact) mass is 277 g/mol. The second-order valence-electron chi connectivity index (χ2n) is 4.29. The summed E-state index contributed by atoms with van der Waals surface area (Å²) in [7, 11) is 0. The SMILES string of the molecule is Cc1nn2c(CCc3ccc(F)c(N)c3)nnc2s1. The van der Waals surface area contributed by atoms with Crippen LogP contribution >= 0.6 is 11.3 Å². The summed E-state index contributed by atoms with van der Waals surface area (Å²) >= 11 is 1.51. The van der Waals surface area contributed by atoms with Crippen molar-refractivity contribution in [2.75, 3.05) is 5.73 Å². The van der Waals surface area contributed by atoms with E-state index in [4.69, 9.17) is 5.73 Å². The molecule has 0 bridgehead atoms. The highest BCUT2D eigenvalue weighted by Crippen LogP contribution is 2.16. The molecule has 3 aromatic rings. The molecule has 1 aromatic carbocycles. The van der Waals surface area contributed by atoms with E-state index in [1.54, 1.807) is 16.6 Å². The van der Waals surface area contributed by atoms with Crippen LogP contribution in [0.2, 0.25) is 0 Å². The Kier molecular flexibility index (Phi) is 2.90. The van der Waals surface area contributed by atoms with Gasteiger partial charge in [-0.1, -0.05) is 17.4 Å². The van der Waals surface area contributed by atoms with Crippen LogP contribution in [-0.2, 0) is 12.8 Å². The van der Waals surface area contributed by atoms with Gasteiger partial charge in [-0.2, -0.15) is 9.61 Å². The fraction of sp³-hybridized carbons (Fsp3) is 0.250. The maximum absolute atomic E-state index is 13.1. The van der Waals surface area contributed by atoms with Gasteiger partial charge < -0.3 is 5.73 Å². The van der Waals surface area contributed by atoms with Gasteiger partial charge in [0.1, 0.15) is 10.8 Å². The largest absolute Gasteiger partial charge is 0.396 e. The fourth-order valence-electron chi connectivity index (χ4n) is 1.91. The van der Waals surface area contributed by atoms with Crippen LogP contribution in [0.1, 0.15) is 16.4 Å². The van der Waals surface area contributed by atoms with E-state index in [9.17, 15) is 4.39 Å². The smallest absolute Gasteiger partial charge is 0.234 e. The van der Waals surface area contributed by atoms with Gasteiger partial charge in [0.25, 0.3) is 0 Å². The minimum Gasteiger partial charge on any atom is -0.396 e. The molecule has 0 unspecified atom stereocenters. The highest BCUT2D eigenvalue weighted by Gasteiger charge is 2.10. The summed E-state index contributed by atoms with van der Waals surface area (Å²) in [4.78, 5) is 0.797. The summed E-state index contributed by atoms with van der Waals surface area (Å²) in [5, 5.41) is 13.5. The van der Waals surface area contributed by atoms with Gasteiger partial charge in [0.15, 0.2) is 5.82 Å². The van der Waals surface area contributed by atoms with Gasteiger partial charge in [-0.25, -0.2) is 4.39 Å². The number of aromatic nitrogens is 4. The molecule has 0 saturated carbocycles. The summed E-state index contributed by atoms with van der Waals surface area (Å²) in [6.07, 6.45) is 1.41. The number of aryl methyl sites for hydroxylation is 3. The minimum atomic E-state index is -0.385. The van der Waals surface area contributed by atoms with Gasteiger partial charge in [-0.15, -0.1) is 10.2 Å². The lowest BCUT2D eigenvalue weighted by molar-refractivity contribution is 0.631. The van der Waals surface area contributed by atoms with Crippen molar-refractivity contribution in [3.8, 4) is 0 Å². The first kappa shape index (κ1) is 12.0. The zero-order valence-corrected chi connectivity index (χ0v) is 11.1. The Morgan fingerprint density at radius 3 is 2.95 bits per heavy atom. The minimum absolute atomic E-state index is 0.174. The Morgan fingerprint density at radius 2 is 2.16 bits per heavy atom. The van der Waals surface area contributed by atoms with Crippen LogP contribution < -0.4 is 5.73 Å². The van der Waals surface area contributed by atoms with Gasteiger partial charge in [0, 0.05) is 6.42 Å². The van der Waals surface area contributed by atoms with E-state index in [0.717, 1.165) is 27.8 Å². The van der Waals surface area contributed by atoms with Crippen molar-refractivity contribution < 1.29 is 4.39 Å². The van der Waals surface area contributed by atoms with Crippen LogP contribution in [0, 0.1) is 12.7 Å². The van der Waals surface area contributed by atoms with E-state index < -0.39 is 0 Å². The normalized spacial score (nSPS) is 11.3. The molecule has 3 rings (SSSR count). The van der Waals surface area contributed by atoms with Crippen LogP contribution in [-0.4, -0.2) is 19.8 Å². The number of nitrogen functional groups attached to an aromatic ring is 1. The first-order valence-electron chi connectivity index (χ1n) is 5.85. The molecular weight excluding hydrogens is 265 g/mol. The van der Waals surface area contributed by atoms with Crippen LogP contribution in [0.3, 0.4) is 0 Å². The molecule has 98 valence electrons. The fourth-order valence-corrected chi connectivity index (χ4v) is 2.61. The Hall–Kier alpha value is -2.02. The Morgan fingerprint density at radius 1 is 1.32 bits per heavy atom. The van der Waals surface area contributed by atoms with Crippen LogP contribution in [0.25, 0.3) is 4.96 Å². The average Bonchev–Trinajstić information content (AvgIpc) is 2.90. The van der Waals surface area contributed by atoms with Crippen molar-refractivity contribution in [1.82, 2.24) is 19.8 Å². The third kappa shape index (κ3) is 2.28. The number of rotatable bonds is 3. The highest BCUT2D eigenvalue weighted by atomic mass is 32.1. The number of hydrogen-bond donors (Lipinski definition) is 1. The second kappa shape index (κ2) is 4.58. The zero-order chi connectivity index (χ0) is 13.4. The molecule has 0 spiro atoms. The van der Waals surface area contributed by atoms with E-state index in [1.807, 2.05) is 6.92 Å². The van der Waals surface area contributed by atoms with E-state index in [-0.39, 0.29) is 11.5 Å². The molecule has 2 heterocycles. The van der Waals surface area contributed by atoms with Crippen LogP contribution in [0.4, 0.5) is 10.1 Å². The predicted molar refractivity (Wildman–Crippen MR) is 71.6 cm³/mol. The number of hydrogen-bond acceptors (Lipinski definition) is 5. The molecule has 0 atom stereocenters. The van der Waals surface area contributed by atoms with E-state index in [0.29, 0.717) is 6.42 Å². The van der Waals surface area contributed by atoms with Crippen LogP contribution in [0.15, 0.2) is 18.2 Å². The van der Waals surface area contributed by atoms with E-state index >= 15 is 0 Å². The highest BCUT2D eigenvalue weighted by molar-refractivity contribution is 7.16. The van der Waals surface area contributed by atoms with Gasteiger partial charge in [-0.3, -0.25) is 0 Å². The van der Waals surface area contributed by atoms with Gasteiger partial charge in [-0.05, 0) is 31.0 Å². The van der Waals surface area contributed by atoms with Crippen molar-refractivity contribution >= 4 is 22.0 Å². The van der Waals surface area contributed by atoms with Gasteiger partial charge in [0.05, 0.1) is 5.69 Å². The molecule has 0 fully saturated rings. The topological polar surface area (TPSA) is 69.1 Å². The summed E-state index contributed by atoms with van der Waals surface area (Å²) in [5.74, 6) is 0.422. The van der Waals surface area contributed by atoms with Gasteiger partial charge in [0.2, 0.25) is 4.96 Å². The Bertz CT molecular complexity index is 733. The summed E-state index contributed by atoms with van der Waals surface area (Å²) < 4.78 is 14.8. The number of halogens is 1. The summed E-state index contributed by atoms with van der Waals surface area (Å²) in [6.45, 7) is 1.93. The number of benzene rings is 1. The van der Waals surface area contributed by atoms with Crippen LogP contribution in [0.5, 0.6) is 0 Å². The van der Waals surface area contributed by atoms with Crippen molar-refractivity contribution in [3.63, 3.8) is 0 Å². The standard InChI is InChI=1S/C12H12FN5S/c1-7-17-18-11(15-16-12(18)19-7)5-3-8-2-4-9(13)10(14)6-8/h2,4,6H,3,5,14H2,1H3. The van der Waals surface area contributed by atoms with Crippen molar-refractivity contribution in [2.45, 2.75) is 19.8 Å². The van der Waals surface area contributed by atoms with Crippen molar-refractivity contribution in [3.05, 3.63) is 40.4 Å². The van der Waals surface area contributed by atoms with E-state index in [1.165, 1.54) is 17.4 Å².